The predicted molar refractivity (Wildman–Crippen MR) is 72.6 cm³/mol. The Hall–Kier alpha value is -1.43. The molecule has 0 aliphatic rings. The summed E-state index contributed by atoms with van der Waals surface area (Å²) in [6.45, 7) is 8.02. The van der Waals surface area contributed by atoms with Gasteiger partial charge in [-0.2, -0.15) is 13.8 Å². The largest absolute Gasteiger partial charge is 0.465 e. The zero-order valence-corrected chi connectivity index (χ0v) is 12.5. The zero-order valence-electron chi connectivity index (χ0n) is 11.7. The minimum atomic E-state index is -3.55. The van der Waals surface area contributed by atoms with Crippen LogP contribution >= 0.6 is 11.6 Å². The third-order valence-corrected chi connectivity index (χ3v) is 2.95. The number of nitrogens with zero attached hydrogens (tertiary/aromatic N) is 3. The highest BCUT2D eigenvalue weighted by atomic mass is 35.5. The maximum Gasteiger partial charge on any atom is 0.365 e. The summed E-state index contributed by atoms with van der Waals surface area (Å²) < 4.78 is 33.4. The van der Waals surface area contributed by atoms with Crippen molar-refractivity contribution in [2.24, 2.45) is 0 Å². The lowest BCUT2D eigenvalue weighted by Gasteiger charge is -2.13. The van der Waals surface area contributed by atoms with Gasteiger partial charge in [-0.1, -0.05) is 20.8 Å². The summed E-state index contributed by atoms with van der Waals surface area (Å²) >= 11 is 5.04. The van der Waals surface area contributed by atoms with Crippen LogP contribution < -0.4 is 4.74 Å². The minimum Gasteiger partial charge on any atom is -0.465 e. The maximum atomic E-state index is 13.3. The summed E-state index contributed by atoms with van der Waals surface area (Å²) in [7, 11) is 0. The number of alkyl halides is 3. The van der Waals surface area contributed by atoms with Crippen LogP contribution in [0.2, 0.25) is 0 Å². The van der Waals surface area contributed by atoms with Crippen LogP contribution in [0.1, 0.15) is 39.1 Å². The van der Waals surface area contributed by atoms with Crippen molar-refractivity contribution in [1.29, 1.82) is 0 Å². The summed E-state index contributed by atoms with van der Waals surface area (Å²) in [6, 6.07) is 1.23. The Morgan fingerprint density at radius 2 is 1.90 bits per heavy atom. The van der Waals surface area contributed by atoms with Crippen molar-refractivity contribution in [1.82, 2.24) is 14.4 Å². The van der Waals surface area contributed by atoms with Gasteiger partial charge in [0.25, 0.3) is 0 Å². The normalized spacial score (nSPS) is 12.9. The SMILES string of the molecule is CCOc1nc(C(F)(F)Cl)cc2nc(C(C)(C)C)cn12. The van der Waals surface area contributed by atoms with Gasteiger partial charge < -0.3 is 4.74 Å². The van der Waals surface area contributed by atoms with Crippen molar-refractivity contribution in [2.45, 2.75) is 38.5 Å². The van der Waals surface area contributed by atoms with Crippen LogP contribution in [0.3, 0.4) is 0 Å². The molecule has 4 nitrogen and oxygen atoms in total. The molecular formula is C13H16ClF2N3O. The van der Waals surface area contributed by atoms with Gasteiger partial charge in [-0.3, -0.25) is 4.40 Å². The molecule has 0 radical (unpaired) electrons. The summed E-state index contributed by atoms with van der Waals surface area (Å²) in [5.41, 5.74) is 0.319. The molecule has 110 valence electrons. The fourth-order valence-corrected chi connectivity index (χ4v) is 1.80. The molecule has 0 spiro atoms. The average Bonchev–Trinajstić information content (AvgIpc) is 2.71. The van der Waals surface area contributed by atoms with Crippen molar-refractivity contribution < 1.29 is 13.5 Å². The van der Waals surface area contributed by atoms with E-state index < -0.39 is 11.1 Å². The Morgan fingerprint density at radius 3 is 2.40 bits per heavy atom. The first-order valence-electron chi connectivity index (χ1n) is 6.23. The highest BCUT2D eigenvalue weighted by Gasteiger charge is 2.32. The van der Waals surface area contributed by atoms with E-state index in [0.717, 1.165) is 5.69 Å². The molecule has 0 aliphatic heterocycles. The molecule has 0 aromatic carbocycles. The third kappa shape index (κ3) is 2.85. The fraction of sp³-hybridized carbons (Fsp3) is 0.538. The number of hydrogen-bond acceptors (Lipinski definition) is 3. The smallest absolute Gasteiger partial charge is 0.365 e. The van der Waals surface area contributed by atoms with Crippen LogP contribution in [0, 0.1) is 0 Å². The molecule has 0 amide bonds. The second kappa shape index (κ2) is 4.84. The van der Waals surface area contributed by atoms with Gasteiger partial charge in [0.2, 0.25) is 0 Å². The maximum absolute atomic E-state index is 13.3. The number of fused-ring (bicyclic) bond motifs is 1. The molecule has 0 aliphatic carbocycles. The van der Waals surface area contributed by atoms with Crippen molar-refractivity contribution in [3.63, 3.8) is 0 Å². The van der Waals surface area contributed by atoms with E-state index in [4.69, 9.17) is 16.3 Å². The Morgan fingerprint density at radius 1 is 1.25 bits per heavy atom. The van der Waals surface area contributed by atoms with Gasteiger partial charge in [0.1, 0.15) is 11.3 Å². The quantitative estimate of drug-likeness (QED) is 0.811. The standard InChI is InChI=1S/C13H16ClF2N3O/c1-5-20-11-18-8(13(14,15)16)6-10-17-9(7-19(10)11)12(2,3)4/h6-7H,5H2,1-4H3. The molecule has 7 heteroatoms. The van der Waals surface area contributed by atoms with Crippen LogP contribution in [0.15, 0.2) is 12.3 Å². The first kappa shape index (κ1) is 15.0. The fourth-order valence-electron chi connectivity index (χ4n) is 1.70. The van der Waals surface area contributed by atoms with Gasteiger partial charge >= 0.3 is 11.4 Å². The number of rotatable bonds is 3. The summed E-state index contributed by atoms with van der Waals surface area (Å²) in [6.07, 6.45) is 1.74. The van der Waals surface area contributed by atoms with Crippen LogP contribution in [-0.2, 0) is 10.8 Å². The van der Waals surface area contributed by atoms with Crippen LogP contribution in [-0.4, -0.2) is 21.0 Å². The number of hydrogen-bond donors (Lipinski definition) is 0. The molecule has 0 saturated heterocycles. The molecule has 0 fully saturated rings. The Balaban J connectivity index is 2.68. The lowest BCUT2D eigenvalue weighted by molar-refractivity contribution is 0.0886. The van der Waals surface area contributed by atoms with E-state index in [-0.39, 0.29) is 11.4 Å². The van der Waals surface area contributed by atoms with Gasteiger partial charge in [-0.15, -0.1) is 0 Å². The number of ether oxygens (including phenoxy) is 1. The third-order valence-electron chi connectivity index (χ3n) is 2.75. The van der Waals surface area contributed by atoms with Gasteiger partial charge in [0.15, 0.2) is 0 Å². The van der Waals surface area contributed by atoms with E-state index >= 15 is 0 Å². The highest BCUT2D eigenvalue weighted by Crippen LogP contribution is 2.33. The predicted octanol–water partition coefficient (Wildman–Crippen LogP) is 3.71. The van der Waals surface area contributed by atoms with Crippen LogP contribution in [0.25, 0.3) is 5.65 Å². The van der Waals surface area contributed by atoms with Gasteiger partial charge in [0, 0.05) is 17.7 Å². The van der Waals surface area contributed by atoms with E-state index in [1.165, 1.54) is 6.07 Å². The molecule has 0 N–H and O–H groups in total. The second-order valence-corrected chi connectivity index (χ2v) is 5.93. The summed E-state index contributed by atoms with van der Waals surface area (Å²) in [5, 5.41) is -3.55. The van der Waals surface area contributed by atoms with Gasteiger partial charge in [0.05, 0.1) is 12.3 Å². The Bertz CT molecular complexity index is 629. The Labute approximate surface area is 120 Å². The lowest BCUT2D eigenvalue weighted by Crippen LogP contribution is -2.11. The monoisotopic (exact) mass is 303 g/mol. The minimum absolute atomic E-state index is 0.0586. The van der Waals surface area contributed by atoms with E-state index in [9.17, 15) is 8.78 Å². The molecule has 0 saturated carbocycles. The molecule has 0 bridgehead atoms. The molecule has 0 atom stereocenters. The molecule has 2 aromatic rings. The molecule has 2 heterocycles. The average molecular weight is 304 g/mol. The number of halogens is 3. The van der Waals surface area contributed by atoms with E-state index in [2.05, 4.69) is 9.97 Å². The van der Waals surface area contributed by atoms with Gasteiger partial charge in [-0.25, -0.2) is 4.98 Å². The Kier molecular flexibility index (Phi) is 3.62. The molecule has 20 heavy (non-hydrogen) atoms. The number of imidazole rings is 1. The lowest BCUT2D eigenvalue weighted by atomic mass is 9.93. The van der Waals surface area contributed by atoms with Crippen LogP contribution in [0.4, 0.5) is 8.78 Å². The first-order chi connectivity index (χ1) is 9.13. The van der Waals surface area contributed by atoms with Crippen molar-refractivity contribution in [2.75, 3.05) is 6.61 Å². The second-order valence-electron chi connectivity index (χ2n) is 5.46. The first-order valence-corrected chi connectivity index (χ1v) is 6.61. The molecule has 2 aromatic heterocycles. The van der Waals surface area contributed by atoms with Crippen molar-refractivity contribution in [3.05, 3.63) is 23.7 Å². The van der Waals surface area contributed by atoms with Crippen LogP contribution in [0.5, 0.6) is 6.01 Å². The highest BCUT2D eigenvalue weighted by molar-refractivity contribution is 6.21. The summed E-state index contributed by atoms with van der Waals surface area (Å²) in [5.74, 6) is 0. The van der Waals surface area contributed by atoms with E-state index in [1.54, 1.807) is 17.5 Å². The molecule has 2 rings (SSSR count). The zero-order chi connectivity index (χ0) is 15.1. The van der Waals surface area contributed by atoms with Gasteiger partial charge in [-0.05, 0) is 18.5 Å². The van der Waals surface area contributed by atoms with Crippen molar-refractivity contribution in [3.8, 4) is 6.01 Å². The van der Waals surface area contributed by atoms with E-state index in [1.807, 2.05) is 20.8 Å². The number of aromatic nitrogens is 3. The van der Waals surface area contributed by atoms with Crippen molar-refractivity contribution >= 4 is 17.2 Å². The molecule has 0 unspecified atom stereocenters. The topological polar surface area (TPSA) is 39.4 Å². The van der Waals surface area contributed by atoms with E-state index in [0.29, 0.717) is 12.3 Å². The summed E-state index contributed by atoms with van der Waals surface area (Å²) in [4.78, 5) is 8.13. The molecular weight excluding hydrogens is 288 g/mol.